The number of carbonyl (C=O) groups is 1. The highest BCUT2D eigenvalue weighted by molar-refractivity contribution is 6.11. The molecule has 170 valence electrons. The van der Waals surface area contributed by atoms with E-state index in [2.05, 4.69) is 33.6 Å². The summed E-state index contributed by atoms with van der Waals surface area (Å²) in [5.74, 6) is 1.16. The molecule has 3 N–H and O–H groups in total. The van der Waals surface area contributed by atoms with Gasteiger partial charge < -0.3 is 14.2 Å². The Balaban J connectivity index is 1.47. The quantitative estimate of drug-likeness (QED) is 0.220. The predicted octanol–water partition coefficient (Wildman–Crippen LogP) is 3.65. The molecule has 1 aliphatic rings. The van der Waals surface area contributed by atoms with Gasteiger partial charge in [-0.1, -0.05) is 38.0 Å². The molecule has 2 heterocycles. The standard InChI is InChI=1S/C24H25N5O4/c1-2-3-4-5-6-7-15-31-18-13-11-17(12-14-18)21(30)19-9-8-10-20-22(19)33-24(25,16-32-20)23-26-28-29-27-23/h5-15H,2-4,16,25H2,1H3,(H,26,27,28,29)/b6-5+,15-7+. The number of nitrogens with two attached hydrogens (primary N) is 1. The van der Waals surface area contributed by atoms with Crippen LogP contribution in [0.4, 0.5) is 0 Å². The summed E-state index contributed by atoms with van der Waals surface area (Å²) in [7, 11) is 0. The molecule has 1 unspecified atom stereocenters. The number of nitrogens with one attached hydrogen (secondary N) is 1. The number of rotatable bonds is 9. The number of tetrazole rings is 1. The lowest BCUT2D eigenvalue weighted by Crippen LogP contribution is -2.51. The van der Waals surface area contributed by atoms with Crippen LogP contribution in [0, 0.1) is 0 Å². The van der Waals surface area contributed by atoms with Crippen molar-refractivity contribution in [1.29, 1.82) is 0 Å². The van der Waals surface area contributed by atoms with Crippen molar-refractivity contribution in [3.63, 3.8) is 0 Å². The zero-order valence-electron chi connectivity index (χ0n) is 18.2. The molecule has 9 nitrogen and oxygen atoms in total. The molecule has 0 radical (unpaired) electrons. The van der Waals surface area contributed by atoms with E-state index in [1.807, 2.05) is 12.2 Å². The molecule has 4 rings (SSSR count). The number of allylic oxidation sites excluding steroid dienone is 3. The Kier molecular flexibility index (Phi) is 6.80. The molecule has 2 aromatic carbocycles. The number of unbranched alkanes of at least 4 members (excludes halogenated alkanes) is 2. The first-order valence-electron chi connectivity index (χ1n) is 10.7. The van der Waals surface area contributed by atoms with Gasteiger partial charge in [0.1, 0.15) is 12.4 Å². The van der Waals surface area contributed by atoms with Crippen molar-refractivity contribution in [2.75, 3.05) is 6.61 Å². The third kappa shape index (κ3) is 5.09. The summed E-state index contributed by atoms with van der Waals surface area (Å²) >= 11 is 0. The second-order valence-corrected chi connectivity index (χ2v) is 7.52. The van der Waals surface area contributed by atoms with Gasteiger partial charge in [0.25, 0.3) is 5.72 Å². The van der Waals surface area contributed by atoms with E-state index in [1.54, 1.807) is 48.7 Å². The van der Waals surface area contributed by atoms with Gasteiger partial charge in [-0.15, -0.1) is 10.2 Å². The van der Waals surface area contributed by atoms with E-state index in [0.717, 1.165) is 6.42 Å². The lowest BCUT2D eigenvalue weighted by molar-refractivity contribution is -0.0154. The van der Waals surface area contributed by atoms with Crippen molar-refractivity contribution < 1.29 is 19.0 Å². The van der Waals surface area contributed by atoms with E-state index in [0.29, 0.717) is 22.6 Å². The summed E-state index contributed by atoms with van der Waals surface area (Å²) in [6.07, 6.45) is 10.9. The molecule has 0 amide bonds. The van der Waals surface area contributed by atoms with Gasteiger partial charge in [-0.25, -0.2) is 0 Å². The Morgan fingerprint density at radius 1 is 1.24 bits per heavy atom. The third-order valence-electron chi connectivity index (χ3n) is 5.04. The average Bonchev–Trinajstić information content (AvgIpc) is 3.39. The maximum absolute atomic E-state index is 13.2. The number of hydrogen-bond acceptors (Lipinski definition) is 8. The van der Waals surface area contributed by atoms with Gasteiger partial charge in [-0.05, 0) is 54.1 Å². The van der Waals surface area contributed by atoms with Gasteiger partial charge in [0.05, 0.1) is 11.8 Å². The van der Waals surface area contributed by atoms with E-state index in [-0.39, 0.29) is 24.0 Å². The first-order chi connectivity index (χ1) is 16.1. The monoisotopic (exact) mass is 447 g/mol. The molecule has 9 heteroatoms. The number of H-pyrrole nitrogens is 1. The molecule has 0 saturated carbocycles. The molecule has 0 aliphatic carbocycles. The highest BCUT2D eigenvalue weighted by Gasteiger charge is 2.41. The number of benzene rings is 2. The minimum Gasteiger partial charge on any atom is -0.483 e. The van der Waals surface area contributed by atoms with Crippen LogP contribution in [0.25, 0.3) is 0 Å². The van der Waals surface area contributed by atoms with Crippen molar-refractivity contribution >= 4 is 5.78 Å². The largest absolute Gasteiger partial charge is 0.483 e. The summed E-state index contributed by atoms with van der Waals surface area (Å²) in [5.41, 5.74) is 5.61. The summed E-state index contributed by atoms with van der Waals surface area (Å²) in [4.78, 5) is 13.2. The van der Waals surface area contributed by atoms with Crippen molar-refractivity contribution in [3.8, 4) is 17.2 Å². The summed E-state index contributed by atoms with van der Waals surface area (Å²) in [5, 5.41) is 13.6. The van der Waals surface area contributed by atoms with Gasteiger partial charge in [0, 0.05) is 5.56 Å². The molecule has 33 heavy (non-hydrogen) atoms. The second-order valence-electron chi connectivity index (χ2n) is 7.52. The lowest BCUT2D eigenvalue weighted by Gasteiger charge is -2.33. The number of ketones is 1. The normalized spacial score (nSPS) is 17.5. The van der Waals surface area contributed by atoms with Crippen molar-refractivity contribution in [1.82, 2.24) is 20.6 Å². The van der Waals surface area contributed by atoms with Crippen LogP contribution >= 0.6 is 0 Å². The lowest BCUT2D eigenvalue weighted by atomic mass is 10.0. The van der Waals surface area contributed by atoms with Crippen LogP contribution in [0.5, 0.6) is 17.2 Å². The average molecular weight is 447 g/mol. The highest BCUT2D eigenvalue weighted by atomic mass is 16.6. The number of carbonyl (C=O) groups excluding carboxylic acids is 1. The van der Waals surface area contributed by atoms with Crippen LogP contribution < -0.4 is 19.9 Å². The van der Waals surface area contributed by atoms with E-state index in [1.165, 1.54) is 12.8 Å². The molecular weight excluding hydrogens is 422 g/mol. The first-order valence-corrected chi connectivity index (χ1v) is 10.7. The summed E-state index contributed by atoms with van der Waals surface area (Å²) in [6, 6.07) is 12.0. The molecule has 0 fully saturated rings. The molecular formula is C24H25N5O4. The van der Waals surface area contributed by atoms with Gasteiger partial charge in [0.15, 0.2) is 17.3 Å². The molecule has 1 aromatic heterocycles. The fourth-order valence-electron chi connectivity index (χ4n) is 3.26. The second kappa shape index (κ2) is 10.1. The molecule has 0 spiro atoms. The molecule has 0 bridgehead atoms. The van der Waals surface area contributed by atoms with E-state index < -0.39 is 5.72 Å². The third-order valence-corrected chi connectivity index (χ3v) is 5.04. The van der Waals surface area contributed by atoms with Crippen molar-refractivity contribution in [2.24, 2.45) is 5.73 Å². The molecule has 0 saturated heterocycles. The van der Waals surface area contributed by atoms with Crippen molar-refractivity contribution in [3.05, 3.63) is 83.9 Å². The Morgan fingerprint density at radius 3 is 2.85 bits per heavy atom. The van der Waals surface area contributed by atoms with E-state index in [9.17, 15) is 4.79 Å². The number of aromatic amines is 1. The first kappa shape index (κ1) is 22.2. The fraction of sp³-hybridized carbons (Fsp3) is 0.250. The Labute approximate surface area is 191 Å². The Bertz CT molecular complexity index is 1140. The fourth-order valence-corrected chi connectivity index (χ4v) is 3.26. The molecule has 1 aliphatic heterocycles. The number of fused-ring (bicyclic) bond motifs is 1. The van der Waals surface area contributed by atoms with Crippen LogP contribution in [0.3, 0.4) is 0 Å². The van der Waals surface area contributed by atoms with Crippen LogP contribution in [0.15, 0.2) is 67.0 Å². The number of ether oxygens (including phenoxy) is 3. The van der Waals surface area contributed by atoms with Gasteiger partial charge in [0.2, 0.25) is 5.82 Å². The van der Waals surface area contributed by atoms with Crippen LogP contribution in [0.2, 0.25) is 0 Å². The number of aromatic nitrogens is 4. The zero-order valence-corrected chi connectivity index (χ0v) is 18.2. The number of nitrogens with zero attached hydrogens (tertiary/aromatic N) is 3. The van der Waals surface area contributed by atoms with Gasteiger partial charge >= 0.3 is 0 Å². The summed E-state index contributed by atoms with van der Waals surface area (Å²) in [6.45, 7) is 2.14. The smallest absolute Gasteiger partial charge is 0.257 e. The van der Waals surface area contributed by atoms with Crippen LogP contribution in [-0.4, -0.2) is 33.0 Å². The number of para-hydroxylation sites is 1. The maximum atomic E-state index is 13.2. The van der Waals surface area contributed by atoms with E-state index in [4.69, 9.17) is 19.9 Å². The minimum absolute atomic E-state index is 0.0233. The van der Waals surface area contributed by atoms with Gasteiger partial charge in [-0.2, -0.15) is 5.21 Å². The summed E-state index contributed by atoms with van der Waals surface area (Å²) < 4.78 is 17.3. The molecule has 1 atom stereocenters. The SMILES string of the molecule is CCCC/C=C/C=C/Oc1ccc(C(=O)c2cccc3c2OC(N)(c2nn[nH]n2)CO3)cc1. The topological polar surface area (TPSA) is 125 Å². The Hall–Kier alpha value is -3.98. The minimum atomic E-state index is -1.47. The van der Waals surface area contributed by atoms with Crippen molar-refractivity contribution in [2.45, 2.75) is 31.9 Å². The number of hydrogen-bond donors (Lipinski definition) is 2. The van der Waals surface area contributed by atoms with Crippen LogP contribution in [-0.2, 0) is 5.72 Å². The highest BCUT2D eigenvalue weighted by Crippen LogP contribution is 2.40. The van der Waals surface area contributed by atoms with Crippen LogP contribution in [0.1, 0.15) is 47.9 Å². The van der Waals surface area contributed by atoms with Gasteiger partial charge in [-0.3, -0.25) is 10.5 Å². The predicted molar refractivity (Wildman–Crippen MR) is 121 cm³/mol. The zero-order chi connectivity index (χ0) is 23.1. The van der Waals surface area contributed by atoms with E-state index >= 15 is 0 Å². The maximum Gasteiger partial charge on any atom is 0.257 e. The Morgan fingerprint density at radius 2 is 2.09 bits per heavy atom. The molecule has 3 aromatic rings.